The number of nitrogens with two attached hydrogens (primary N) is 1. The molecule has 3 N–H and O–H groups in total. The molecule has 0 spiro atoms. The number of alkyl halides is 4. The molecule has 0 bridgehead atoms. The van der Waals surface area contributed by atoms with Crippen molar-refractivity contribution in [3.05, 3.63) is 51.7 Å². The summed E-state index contributed by atoms with van der Waals surface area (Å²) < 4.78 is 56.2. The summed E-state index contributed by atoms with van der Waals surface area (Å²) in [5.41, 5.74) is 5.38. The minimum atomic E-state index is -4.82. The molecule has 0 aliphatic rings. The molecule has 0 aliphatic heterocycles. The van der Waals surface area contributed by atoms with E-state index in [-0.39, 0.29) is 36.6 Å². The molecule has 1 aromatic carbocycles. The zero-order valence-electron chi connectivity index (χ0n) is 16.8. The zero-order chi connectivity index (χ0) is 24.0. The van der Waals surface area contributed by atoms with E-state index in [0.29, 0.717) is 10.6 Å². The van der Waals surface area contributed by atoms with E-state index >= 15 is 0 Å². The number of halogens is 4. The number of carbonyl (C=O) groups excluding carboxylic acids is 2. The number of aryl methyl sites for hydroxylation is 1. The number of nitrogens with one attached hydrogen (secondary N) is 1. The largest absolute Gasteiger partial charge is 0.573 e. The first-order valence-corrected chi connectivity index (χ1v) is 10.2. The number of hydrogen-bond donors (Lipinski definition) is 2. The van der Waals surface area contributed by atoms with Crippen LogP contribution in [0.1, 0.15) is 37.3 Å². The first-order chi connectivity index (χ1) is 15.6. The molecule has 0 radical (unpaired) electrons. The molecule has 0 saturated heterocycles. The van der Waals surface area contributed by atoms with Gasteiger partial charge in [-0.25, -0.2) is 9.07 Å². The smallest absolute Gasteiger partial charge is 0.406 e. The van der Waals surface area contributed by atoms with Gasteiger partial charge in [-0.05, 0) is 24.1 Å². The SMILES string of the molecule is NC(=O)c1nnc(CCC(F)Cn2cc(C(=O)NCc3cccc(OC(F)(F)F)c3)nn2)s1. The van der Waals surface area contributed by atoms with E-state index in [1.165, 1.54) is 18.3 Å². The number of ether oxygens (including phenoxy) is 1. The third kappa shape index (κ3) is 7.48. The highest BCUT2D eigenvalue weighted by atomic mass is 32.1. The van der Waals surface area contributed by atoms with E-state index in [0.717, 1.165) is 28.2 Å². The Morgan fingerprint density at radius 1 is 1.24 bits per heavy atom. The highest BCUT2D eigenvalue weighted by Crippen LogP contribution is 2.23. The molecule has 0 saturated carbocycles. The Morgan fingerprint density at radius 2 is 2.03 bits per heavy atom. The average molecular weight is 487 g/mol. The molecule has 33 heavy (non-hydrogen) atoms. The Hall–Kier alpha value is -3.62. The Morgan fingerprint density at radius 3 is 2.73 bits per heavy atom. The van der Waals surface area contributed by atoms with Crippen LogP contribution in [0.3, 0.4) is 0 Å². The lowest BCUT2D eigenvalue weighted by molar-refractivity contribution is -0.274. The number of amides is 2. The van der Waals surface area contributed by atoms with E-state index in [2.05, 4.69) is 30.6 Å². The zero-order valence-corrected chi connectivity index (χ0v) is 17.6. The topological polar surface area (TPSA) is 138 Å². The second-order valence-corrected chi connectivity index (χ2v) is 7.77. The van der Waals surface area contributed by atoms with E-state index in [1.807, 2.05) is 0 Å². The van der Waals surface area contributed by atoms with Crippen molar-refractivity contribution in [3.63, 3.8) is 0 Å². The van der Waals surface area contributed by atoms with Crippen LogP contribution in [-0.4, -0.2) is 49.5 Å². The minimum absolute atomic E-state index is 0.0481. The Bertz CT molecular complexity index is 1120. The molecule has 3 rings (SSSR count). The molecule has 0 fully saturated rings. The lowest BCUT2D eigenvalue weighted by Gasteiger charge is -2.10. The van der Waals surface area contributed by atoms with Crippen LogP contribution in [-0.2, 0) is 19.5 Å². The average Bonchev–Trinajstić information content (AvgIpc) is 3.39. The van der Waals surface area contributed by atoms with Gasteiger partial charge in [0.1, 0.15) is 16.9 Å². The number of nitrogens with zero attached hydrogens (tertiary/aromatic N) is 5. The number of aromatic nitrogens is 5. The maximum atomic E-state index is 14.3. The number of rotatable bonds is 10. The van der Waals surface area contributed by atoms with Gasteiger partial charge in [0, 0.05) is 13.0 Å². The summed E-state index contributed by atoms with van der Waals surface area (Å²) in [6.45, 7) is -0.250. The Labute approximate surface area is 187 Å². The summed E-state index contributed by atoms with van der Waals surface area (Å²) in [5.74, 6) is -1.74. The summed E-state index contributed by atoms with van der Waals surface area (Å²) in [6.07, 6.45) is -4.59. The van der Waals surface area contributed by atoms with Crippen LogP contribution < -0.4 is 15.8 Å². The number of carbonyl (C=O) groups is 2. The van der Waals surface area contributed by atoms with Crippen molar-refractivity contribution in [2.75, 3.05) is 0 Å². The van der Waals surface area contributed by atoms with Gasteiger partial charge in [-0.2, -0.15) is 0 Å². The Kier molecular flexibility index (Phi) is 7.52. The van der Waals surface area contributed by atoms with Gasteiger partial charge in [0.15, 0.2) is 5.69 Å². The summed E-state index contributed by atoms with van der Waals surface area (Å²) >= 11 is 0.990. The van der Waals surface area contributed by atoms with E-state index in [4.69, 9.17) is 5.73 Å². The molecule has 176 valence electrons. The van der Waals surface area contributed by atoms with Gasteiger partial charge in [-0.15, -0.1) is 28.5 Å². The summed E-state index contributed by atoms with van der Waals surface area (Å²) in [4.78, 5) is 23.2. The molecule has 2 aromatic heterocycles. The first-order valence-electron chi connectivity index (χ1n) is 9.38. The molecule has 1 atom stereocenters. The summed E-state index contributed by atoms with van der Waals surface area (Å²) in [6, 6.07) is 5.15. The second kappa shape index (κ2) is 10.3. The van der Waals surface area contributed by atoms with Crippen LogP contribution in [0.2, 0.25) is 0 Å². The van der Waals surface area contributed by atoms with Gasteiger partial charge in [0.2, 0.25) is 5.01 Å². The molecule has 1 unspecified atom stereocenters. The van der Waals surface area contributed by atoms with Gasteiger partial charge < -0.3 is 15.8 Å². The van der Waals surface area contributed by atoms with Crippen LogP contribution >= 0.6 is 11.3 Å². The monoisotopic (exact) mass is 487 g/mol. The standard InChI is InChI=1S/C18H17F4N7O3S/c19-11(4-5-14-26-27-17(33-14)15(23)30)8-29-9-13(25-28-29)16(31)24-7-10-2-1-3-12(6-10)32-18(20,21)22/h1-3,6,9,11H,4-5,7-8H2,(H2,23,30)(H,24,31). The maximum Gasteiger partial charge on any atom is 0.573 e. The number of primary amides is 1. The predicted molar refractivity (Wildman–Crippen MR) is 106 cm³/mol. The van der Waals surface area contributed by atoms with Crippen molar-refractivity contribution in [2.24, 2.45) is 5.73 Å². The van der Waals surface area contributed by atoms with Gasteiger partial charge in [-0.1, -0.05) is 28.7 Å². The highest BCUT2D eigenvalue weighted by Gasteiger charge is 2.31. The van der Waals surface area contributed by atoms with Crippen molar-refractivity contribution in [1.82, 2.24) is 30.5 Å². The molecule has 15 heteroatoms. The van der Waals surface area contributed by atoms with Crippen molar-refractivity contribution >= 4 is 23.2 Å². The molecular formula is C18H17F4N7O3S. The number of benzene rings is 1. The van der Waals surface area contributed by atoms with Gasteiger partial charge >= 0.3 is 6.36 Å². The van der Waals surface area contributed by atoms with Crippen LogP contribution in [0.25, 0.3) is 0 Å². The van der Waals surface area contributed by atoms with E-state index in [1.54, 1.807) is 0 Å². The van der Waals surface area contributed by atoms with Crippen molar-refractivity contribution in [1.29, 1.82) is 0 Å². The maximum absolute atomic E-state index is 14.3. The Balaban J connectivity index is 1.47. The molecule has 10 nitrogen and oxygen atoms in total. The van der Waals surface area contributed by atoms with Gasteiger partial charge in [0.25, 0.3) is 11.8 Å². The normalized spacial score (nSPS) is 12.4. The third-order valence-corrected chi connectivity index (χ3v) is 5.09. The summed E-state index contributed by atoms with van der Waals surface area (Å²) in [5, 5.41) is 17.8. The molecule has 0 aliphatic carbocycles. The lowest BCUT2D eigenvalue weighted by atomic mass is 10.2. The van der Waals surface area contributed by atoms with Crippen molar-refractivity contribution in [2.45, 2.75) is 38.5 Å². The fraction of sp³-hybridized carbons (Fsp3) is 0.333. The van der Waals surface area contributed by atoms with Gasteiger partial charge in [0.05, 0.1) is 12.7 Å². The molecule has 2 amide bonds. The van der Waals surface area contributed by atoms with E-state index < -0.39 is 30.1 Å². The fourth-order valence-electron chi connectivity index (χ4n) is 2.65. The second-order valence-electron chi connectivity index (χ2n) is 6.70. The highest BCUT2D eigenvalue weighted by molar-refractivity contribution is 7.13. The van der Waals surface area contributed by atoms with Crippen LogP contribution in [0.4, 0.5) is 17.6 Å². The fourth-order valence-corrected chi connectivity index (χ4v) is 3.35. The summed E-state index contributed by atoms with van der Waals surface area (Å²) in [7, 11) is 0. The third-order valence-electron chi connectivity index (χ3n) is 4.09. The minimum Gasteiger partial charge on any atom is -0.406 e. The van der Waals surface area contributed by atoms with Crippen LogP contribution in [0.5, 0.6) is 5.75 Å². The van der Waals surface area contributed by atoms with Crippen LogP contribution in [0.15, 0.2) is 30.5 Å². The van der Waals surface area contributed by atoms with Crippen molar-refractivity contribution in [3.8, 4) is 5.75 Å². The van der Waals surface area contributed by atoms with Gasteiger partial charge in [-0.3, -0.25) is 9.59 Å². The molecule has 2 heterocycles. The van der Waals surface area contributed by atoms with E-state index in [9.17, 15) is 27.2 Å². The molecule has 3 aromatic rings. The quantitative estimate of drug-likeness (QED) is 0.417. The number of hydrogen-bond acceptors (Lipinski definition) is 8. The lowest BCUT2D eigenvalue weighted by Crippen LogP contribution is -2.23. The van der Waals surface area contributed by atoms with Crippen LogP contribution in [0, 0.1) is 0 Å². The molecular weight excluding hydrogens is 470 g/mol. The first kappa shape index (κ1) is 24.0. The van der Waals surface area contributed by atoms with Crippen molar-refractivity contribution < 1.29 is 31.9 Å². The predicted octanol–water partition coefficient (Wildman–Crippen LogP) is 2.03.